The van der Waals surface area contributed by atoms with Crippen LogP contribution in [0.25, 0.3) is 0 Å². The minimum atomic E-state index is -0.337. The van der Waals surface area contributed by atoms with E-state index in [1.807, 2.05) is 12.1 Å². The molecule has 4 rings (SSSR count). The SMILES string of the molecule is COc1cccc(N2C(=O)CC(N3CCC(Cc4ccccc4)CC3)C2=O)c1. The molecule has 2 amide bonds. The Morgan fingerprint density at radius 1 is 1.00 bits per heavy atom. The predicted molar refractivity (Wildman–Crippen MR) is 108 cm³/mol. The highest BCUT2D eigenvalue weighted by Gasteiger charge is 2.43. The van der Waals surface area contributed by atoms with Crippen molar-refractivity contribution in [2.75, 3.05) is 25.1 Å². The van der Waals surface area contributed by atoms with Gasteiger partial charge in [0.15, 0.2) is 0 Å². The molecule has 0 N–H and O–H groups in total. The van der Waals surface area contributed by atoms with Crippen molar-refractivity contribution >= 4 is 17.5 Å². The van der Waals surface area contributed by atoms with Crippen molar-refractivity contribution in [3.63, 3.8) is 0 Å². The number of nitrogens with zero attached hydrogens (tertiary/aromatic N) is 2. The van der Waals surface area contributed by atoms with E-state index in [9.17, 15) is 9.59 Å². The van der Waals surface area contributed by atoms with Crippen molar-refractivity contribution in [2.24, 2.45) is 5.92 Å². The van der Waals surface area contributed by atoms with Crippen LogP contribution in [-0.4, -0.2) is 43.0 Å². The van der Waals surface area contributed by atoms with Crippen LogP contribution in [0.15, 0.2) is 54.6 Å². The van der Waals surface area contributed by atoms with Crippen LogP contribution in [0, 0.1) is 5.92 Å². The Bertz CT molecular complexity index is 844. The molecular weight excluding hydrogens is 352 g/mol. The molecule has 2 aliphatic rings. The number of carbonyl (C=O) groups is 2. The first-order valence-corrected chi connectivity index (χ1v) is 9.94. The topological polar surface area (TPSA) is 49.9 Å². The number of hydrogen-bond donors (Lipinski definition) is 0. The maximum Gasteiger partial charge on any atom is 0.251 e. The molecule has 0 radical (unpaired) electrons. The number of anilines is 1. The molecule has 2 saturated heterocycles. The van der Waals surface area contributed by atoms with Crippen molar-refractivity contribution in [1.29, 1.82) is 0 Å². The van der Waals surface area contributed by atoms with Crippen molar-refractivity contribution in [3.8, 4) is 5.75 Å². The number of benzene rings is 2. The van der Waals surface area contributed by atoms with E-state index in [4.69, 9.17) is 4.74 Å². The second kappa shape index (κ2) is 8.15. The number of amides is 2. The highest BCUT2D eigenvalue weighted by Crippen LogP contribution is 2.31. The number of ether oxygens (including phenoxy) is 1. The van der Waals surface area contributed by atoms with Gasteiger partial charge in [-0.1, -0.05) is 36.4 Å². The molecule has 0 aromatic heterocycles. The Morgan fingerprint density at radius 3 is 2.46 bits per heavy atom. The van der Waals surface area contributed by atoms with Crippen LogP contribution < -0.4 is 9.64 Å². The fourth-order valence-corrected chi connectivity index (χ4v) is 4.34. The normalized spacial score (nSPS) is 21.3. The van der Waals surface area contributed by atoms with Crippen LogP contribution in [0.4, 0.5) is 5.69 Å². The zero-order chi connectivity index (χ0) is 19.5. The van der Waals surface area contributed by atoms with Gasteiger partial charge in [-0.25, -0.2) is 4.90 Å². The molecule has 2 aliphatic heterocycles. The van der Waals surface area contributed by atoms with Crippen molar-refractivity contribution in [1.82, 2.24) is 4.90 Å². The van der Waals surface area contributed by atoms with Crippen LogP contribution in [-0.2, 0) is 16.0 Å². The molecule has 0 saturated carbocycles. The molecule has 0 bridgehead atoms. The zero-order valence-corrected chi connectivity index (χ0v) is 16.2. The van der Waals surface area contributed by atoms with Crippen LogP contribution in [0.3, 0.4) is 0 Å². The largest absolute Gasteiger partial charge is 0.497 e. The van der Waals surface area contributed by atoms with Gasteiger partial charge in [0.1, 0.15) is 5.75 Å². The molecule has 1 unspecified atom stereocenters. The third kappa shape index (κ3) is 3.80. The number of imide groups is 1. The molecule has 2 heterocycles. The summed E-state index contributed by atoms with van der Waals surface area (Å²) < 4.78 is 5.23. The zero-order valence-electron chi connectivity index (χ0n) is 16.2. The first-order chi connectivity index (χ1) is 13.7. The molecule has 5 nitrogen and oxygen atoms in total. The lowest BCUT2D eigenvalue weighted by Crippen LogP contribution is -2.46. The monoisotopic (exact) mass is 378 g/mol. The maximum absolute atomic E-state index is 13.0. The molecule has 2 aromatic carbocycles. The molecule has 0 spiro atoms. The summed E-state index contributed by atoms with van der Waals surface area (Å²) in [5.74, 6) is 1.04. The standard InChI is InChI=1S/C23H26N2O3/c1-28-20-9-5-8-19(15-20)25-22(26)16-21(23(25)27)24-12-10-18(11-13-24)14-17-6-3-2-4-7-17/h2-9,15,18,21H,10-14,16H2,1H3. The second-order valence-corrected chi connectivity index (χ2v) is 7.66. The van der Waals surface area contributed by atoms with Gasteiger partial charge in [-0.2, -0.15) is 0 Å². The molecule has 1 atom stereocenters. The van der Waals surface area contributed by atoms with Gasteiger partial charge >= 0.3 is 0 Å². The van der Waals surface area contributed by atoms with Crippen LogP contribution in [0.1, 0.15) is 24.8 Å². The van der Waals surface area contributed by atoms with Gasteiger partial charge in [0.05, 0.1) is 25.3 Å². The van der Waals surface area contributed by atoms with Crippen molar-refractivity contribution < 1.29 is 14.3 Å². The Morgan fingerprint density at radius 2 is 1.75 bits per heavy atom. The lowest BCUT2D eigenvalue weighted by Gasteiger charge is -2.34. The van der Waals surface area contributed by atoms with Gasteiger partial charge in [0, 0.05) is 6.07 Å². The summed E-state index contributed by atoms with van der Waals surface area (Å²) >= 11 is 0. The van der Waals surface area contributed by atoms with Crippen LogP contribution in [0.2, 0.25) is 0 Å². The minimum absolute atomic E-state index is 0.111. The number of methoxy groups -OCH3 is 1. The Labute approximate surface area is 165 Å². The number of carbonyl (C=O) groups excluding carboxylic acids is 2. The van der Waals surface area contributed by atoms with E-state index in [-0.39, 0.29) is 24.3 Å². The number of hydrogen-bond acceptors (Lipinski definition) is 4. The molecular formula is C23H26N2O3. The van der Waals surface area contributed by atoms with Gasteiger partial charge in [0.2, 0.25) is 5.91 Å². The average molecular weight is 378 g/mol. The number of likely N-dealkylation sites (tertiary alicyclic amines) is 1. The Balaban J connectivity index is 1.39. The Kier molecular flexibility index (Phi) is 5.44. The predicted octanol–water partition coefficient (Wildman–Crippen LogP) is 3.28. The van der Waals surface area contributed by atoms with Gasteiger partial charge < -0.3 is 4.74 Å². The summed E-state index contributed by atoms with van der Waals surface area (Å²) in [6.07, 6.45) is 3.47. The van der Waals surface area contributed by atoms with Gasteiger partial charge in [0.25, 0.3) is 5.91 Å². The molecule has 2 fully saturated rings. The lowest BCUT2D eigenvalue weighted by atomic mass is 9.89. The summed E-state index contributed by atoms with van der Waals surface area (Å²) in [5.41, 5.74) is 1.97. The average Bonchev–Trinajstić information content (AvgIpc) is 3.03. The van der Waals surface area contributed by atoms with E-state index in [0.29, 0.717) is 17.4 Å². The smallest absolute Gasteiger partial charge is 0.251 e. The minimum Gasteiger partial charge on any atom is -0.497 e. The first kappa shape index (κ1) is 18.7. The number of piperidine rings is 1. The Hall–Kier alpha value is -2.66. The van der Waals surface area contributed by atoms with Crippen molar-refractivity contribution in [2.45, 2.75) is 31.7 Å². The highest BCUT2D eigenvalue weighted by atomic mass is 16.5. The summed E-state index contributed by atoms with van der Waals surface area (Å²) in [5, 5.41) is 0. The van der Waals surface area contributed by atoms with E-state index >= 15 is 0 Å². The summed E-state index contributed by atoms with van der Waals surface area (Å²) in [4.78, 5) is 29.1. The summed E-state index contributed by atoms with van der Waals surface area (Å²) in [6.45, 7) is 1.74. The van der Waals surface area contributed by atoms with E-state index in [1.165, 1.54) is 10.5 Å². The van der Waals surface area contributed by atoms with Gasteiger partial charge in [-0.3, -0.25) is 14.5 Å². The summed E-state index contributed by atoms with van der Waals surface area (Å²) in [6, 6.07) is 17.4. The fourth-order valence-electron chi connectivity index (χ4n) is 4.34. The third-order valence-electron chi connectivity index (χ3n) is 5.89. The van der Waals surface area contributed by atoms with E-state index < -0.39 is 0 Å². The number of rotatable bonds is 5. The molecule has 5 heteroatoms. The third-order valence-corrected chi connectivity index (χ3v) is 5.89. The maximum atomic E-state index is 13.0. The second-order valence-electron chi connectivity index (χ2n) is 7.66. The van der Waals surface area contributed by atoms with E-state index in [1.54, 1.807) is 25.3 Å². The molecule has 28 heavy (non-hydrogen) atoms. The molecule has 146 valence electrons. The highest BCUT2D eigenvalue weighted by molar-refractivity contribution is 6.22. The molecule has 2 aromatic rings. The van der Waals surface area contributed by atoms with Gasteiger partial charge in [-0.05, 0) is 56.0 Å². The van der Waals surface area contributed by atoms with Gasteiger partial charge in [-0.15, -0.1) is 0 Å². The first-order valence-electron chi connectivity index (χ1n) is 9.94. The van der Waals surface area contributed by atoms with Crippen LogP contribution in [0.5, 0.6) is 5.75 Å². The molecule has 0 aliphatic carbocycles. The van der Waals surface area contributed by atoms with Crippen LogP contribution >= 0.6 is 0 Å². The van der Waals surface area contributed by atoms with Crippen molar-refractivity contribution in [3.05, 3.63) is 60.2 Å². The summed E-state index contributed by atoms with van der Waals surface area (Å²) in [7, 11) is 1.58. The fraction of sp³-hybridized carbons (Fsp3) is 0.391. The lowest BCUT2D eigenvalue weighted by molar-refractivity contribution is -0.123. The van der Waals surface area contributed by atoms with E-state index in [0.717, 1.165) is 32.4 Å². The van der Waals surface area contributed by atoms with E-state index in [2.05, 4.69) is 29.2 Å². The quantitative estimate of drug-likeness (QED) is 0.750.